The summed E-state index contributed by atoms with van der Waals surface area (Å²) < 4.78 is 9.67. The molecule has 2 aromatic carbocycles. The van der Waals surface area contributed by atoms with Gasteiger partial charge in [0, 0.05) is 28.3 Å². The average molecular weight is 603 g/mol. The number of rotatable bonds is 4. The number of benzene rings is 2. The molecule has 0 aliphatic heterocycles. The molecule has 0 heterocycles. The van der Waals surface area contributed by atoms with E-state index in [4.69, 9.17) is 19.7 Å². The Kier molecular flexibility index (Phi) is 13.1. The monoisotopic (exact) mass is 600 g/mol. The lowest BCUT2D eigenvalue weighted by Crippen LogP contribution is -2.04. The number of ether oxygens (including phenoxy) is 2. The molecule has 160 valence electrons. The van der Waals surface area contributed by atoms with Gasteiger partial charge in [-0.15, -0.1) is 0 Å². The Balaban J connectivity index is 0.000000499. The number of hydrogen-bond donors (Lipinski definition) is 4. The van der Waals surface area contributed by atoms with Crippen molar-refractivity contribution in [3.8, 4) is 23.0 Å². The molecule has 0 fully saturated rings. The highest BCUT2D eigenvalue weighted by atomic mass is 80.9. The maximum absolute atomic E-state index is 11.2. The molecule has 29 heavy (non-hydrogen) atoms. The van der Waals surface area contributed by atoms with Crippen molar-refractivity contribution in [2.45, 2.75) is 13.8 Å². The number of halogens is 3. The molecule has 0 aliphatic rings. The van der Waals surface area contributed by atoms with Crippen molar-refractivity contribution in [1.29, 1.82) is 0 Å². The van der Waals surface area contributed by atoms with E-state index in [-0.39, 0.29) is 51.8 Å². The first-order valence-corrected chi connectivity index (χ1v) is 12.4. The van der Waals surface area contributed by atoms with Crippen LogP contribution in [0.15, 0.2) is 34.8 Å². The number of aromatic hydroxyl groups is 4. The molecule has 0 aromatic heterocycles. The quantitative estimate of drug-likeness (QED) is 0.284. The first-order valence-electron chi connectivity index (χ1n) is 7.93. The molecule has 8 nitrogen and oxygen atoms in total. The van der Waals surface area contributed by atoms with Crippen LogP contribution in [0.3, 0.4) is 0 Å². The van der Waals surface area contributed by atoms with E-state index in [2.05, 4.69) is 44.2 Å². The first-order chi connectivity index (χ1) is 13.7. The van der Waals surface area contributed by atoms with E-state index in [1.165, 1.54) is 18.2 Å². The van der Waals surface area contributed by atoms with Gasteiger partial charge in [0.15, 0.2) is 23.0 Å². The highest BCUT2D eigenvalue weighted by Crippen LogP contribution is 2.34. The summed E-state index contributed by atoms with van der Waals surface area (Å²) in [6, 6.07) is 6.31. The zero-order valence-electron chi connectivity index (χ0n) is 15.4. The van der Waals surface area contributed by atoms with Crippen LogP contribution >= 0.6 is 44.2 Å². The molecule has 0 bridgehead atoms. The van der Waals surface area contributed by atoms with Crippen LogP contribution in [0.5, 0.6) is 23.0 Å². The van der Waals surface area contributed by atoms with Crippen LogP contribution in [-0.4, -0.2) is 45.6 Å². The number of phenolic OH excluding ortho intramolecular Hbond substituents is 4. The Hall–Kier alpha value is -1.98. The summed E-state index contributed by atoms with van der Waals surface area (Å²) in [6.07, 6.45) is 0. The summed E-state index contributed by atoms with van der Waals surface area (Å²) in [5, 5.41) is 36.4. The lowest BCUT2D eigenvalue weighted by molar-refractivity contribution is 0.0516. The maximum Gasteiger partial charge on any atom is 0.338 e. The fourth-order valence-corrected chi connectivity index (χ4v) is 2.23. The maximum atomic E-state index is 11.2. The largest absolute Gasteiger partial charge is 0.504 e. The first kappa shape index (κ1) is 27.0. The van der Waals surface area contributed by atoms with Crippen molar-refractivity contribution in [2.75, 3.05) is 13.2 Å². The lowest BCUT2D eigenvalue weighted by Gasteiger charge is -2.05. The highest BCUT2D eigenvalue weighted by molar-refractivity contribution is 9.93. The molecule has 0 saturated carbocycles. The molecule has 4 N–H and O–H groups in total. The topological polar surface area (TPSA) is 134 Å². The summed E-state index contributed by atoms with van der Waals surface area (Å²) in [4.78, 5) is 22.3. The van der Waals surface area contributed by atoms with Gasteiger partial charge >= 0.3 is 11.9 Å². The van der Waals surface area contributed by atoms with Gasteiger partial charge in [0.25, 0.3) is 0 Å². The Morgan fingerprint density at radius 3 is 1.72 bits per heavy atom. The van der Waals surface area contributed by atoms with E-state index in [9.17, 15) is 19.8 Å². The SMILES string of the molecule is BrBr.CCOC(=O)c1cc(O)c(O)c(Br)c1.CCOC(=O)c1ccc(O)c(O)c1. The van der Waals surface area contributed by atoms with E-state index < -0.39 is 11.9 Å². The summed E-state index contributed by atoms with van der Waals surface area (Å²) in [5.41, 5.74) is 0.408. The van der Waals surface area contributed by atoms with Crippen molar-refractivity contribution in [2.24, 2.45) is 0 Å². The van der Waals surface area contributed by atoms with Gasteiger partial charge in [-0.1, -0.05) is 0 Å². The lowest BCUT2D eigenvalue weighted by atomic mass is 10.2. The molecule has 2 rings (SSSR count). The third-order valence-corrected chi connectivity index (χ3v) is 3.65. The Labute approximate surface area is 191 Å². The molecular formula is C18H19Br3O8. The number of carbonyl (C=O) groups excluding carboxylic acids is 2. The van der Waals surface area contributed by atoms with Gasteiger partial charge in [-0.2, -0.15) is 0 Å². The van der Waals surface area contributed by atoms with E-state index in [0.717, 1.165) is 12.1 Å². The van der Waals surface area contributed by atoms with E-state index in [1.54, 1.807) is 13.8 Å². The normalized spacial score (nSPS) is 9.28. The van der Waals surface area contributed by atoms with Gasteiger partial charge in [0.2, 0.25) is 0 Å². The molecule has 0 saturated heterocycles. The van der Waals surface area contributed by atoms with E-state index in [1.807, 2.05) is 0 Å². The number of hydrogen-bond acceptors (Lipinski definition) is 8. The van der Waals surface area contributed by atoms with Crippen LogP contribution in [0.4, 0.5) is 0 Å². The van der Waals surface area contributed by atoms with E-state index >= 15 is 0 Å². The third-order valence-electron chi connectivity index (χ3n) is 3.04. The molecule has 0 radical (unpaired) electrons. The van der Waals surface area contributed by atoms with Gasteiger partial charge < -0.3 is 29.9 Å². The fraction of sp³-hybridized carbons (Fsp3) is 0.222. The number of phenols is 4. The van der Waals surface area contributed by atoms with Crippen LogP contribution in [0.1, 0.15) is 34.6 Å². The zero-order chi connectivity index (χ0) is 22.6. The van der Waals surface area contributed by atoms with E-state index in [0.29, 0.717) is 0 Å². The minimum absolute atomic E-state index is 0.189. The van der Waals surface area contributed by atoms with Gasteiger partial charge in [-0.05, 0) is 60.1 Å². The standard InChI is InChI=1S/C9H9BrO4.C9H10O4.Br2/c1-2-14-9(13)5-3-6(10)8(12)7(11)4-5;1-2-13-9(12)6-3-4-7(10)8(11)5-6;1-2/h3-4,11-12H,2H2,1H3;3-5,10-11H,2H2,1H3;. The summed E-state index contributed by atoms with van der Waals surface area (Å²) in [6.45, 7) is 3.92. The molecule has 0 aliphatic carbocycles. The van der Waals surface area contributed by atoms with Gasteiger partial charge in [0.05, 0.1) is 28.8 Å². The number of esters is 2. The molecular weight excluding hydrogens is 584 g/mol. The molecule has 0 spiro atoms. The van der Waals surface area contributed by atoms with Crippen LogP contribution in [0.2, 0.25) is 0 Å². The second-order valence-corrected chi connectivity index (χ2v) is 5.82. The zero-order valence-corrected chi connectivity index (χ0v) is 20.1. The van der Waals surface area contributed by atoms with Crippen LogP contribution in [0.25, 0.3) is 0 Å². The van der Waals surface area contributed by atoms with Gasteiger partial charge in [-0.3, -0.25) is 0 Å². The van der Waals surface area contributed by atoms with Crippen LogP contribution in [-0.2, 0) is 9.47 Å². The van der Waals surface area contributed by atoms with Gasteiger partial charge in [0.1, 0.15) is 0 Å². The summed E-state index contributed by atoms with van der Waals surface area (Å²) >= 11 is 8.50. The Morgan fingerprint density at radius 1 is 0.793 bits per heavy atom. The molecule has 2 aromatic rings. The van der Waals surface area contributed by atoms with Crippen LogP contribution in [0, 0.1) is 0 Å². The highest BCUT2D eigenvalue weighted by Gasteiger charge is 2.13. The summed E-state index contributed by atoms with van der Waals surface area (Å²) in [7, 11) is 0. The Morgan fingerprint density at radius 2 is 1.28 bits per heavy atom. The second kappa shape index (κ2) is 14.1. The molecule has 11 heteroatoms. The van der Waals surface area contributed by atoms with Crippen molar-refractivity contribution in [3.63, 3.8) is 0 Å². The number of carbonyl (C=O) groups is 2. The van der Waals surface area contributed by atoms with Crippen molar-refractivity contribution in [1.82, 2.24) is 0 Å². The minimum Gasteiger partial charge on any atom is -0.504 e. The smallest absolute Gasteiger partial charge is 0.338 e. The van der Waals surface area contributed by atoms with Crippen molar-refractivity contribution < 1.29 is 39.5 Å². The van der Waals surface area contributed by atoms with Crippen LogP contribution < -0.4 is 0 Å². The van der Waals surface area contributed by atoms with Crippen molar-refractivity contribution >= 4 is 56.1 Å². The summed E-state index contributed by atoms with van der Waals surface area (Å²) in [5.74, 6) is -2.29. The predicted molar refractivity (Wildman–Crippen MR) is 117 cm³/mol. The van der Waals surface area contributed by atoms with Crippen molar-refractivity contribution in [3.05, 3.63) is 45.9 Å². The molecule has 0 unspecified atom stereocenters. The minimum atomic E-state index is -0.538. The third kappa shape index (κ3) is 8.92. The Bertz CT molecular complexity index is 804. The molecule has 0 atom stereocenters. The second-order valence-electron chi connectivity index (χ2n) is 4.97. The fourth-order valence-electron chi connectivity index (χ4n) is 1.78. The van der Waals surface area contributed by atoms with Gasteiger partial charge in [-0.25, -0.2) is 9.59 Å². The average Bonchev–Trinajstić information content (AvgIpc) is 2.70. The predicted octanol–water partition coefficient (Wildman–Crippen LogP) is 5.00. The molecule has 0 amide bonds.